The van der Waals surface area contributed by atoms with Crippen molar-refractivity contribution in [2.45, 2.75) is 6.36 Å². The maximum atomic E-state index is 12.0. The maximum Gasteiger partial charge on any atom is 0.573 e. The van der Waals surface area contributed by atoms with E-state index in [1.807, 2.05) is 0 Å². The minimum atomic E-state index is -4.99. The van der Waals surface area contributed by atoms with Crippen molar-refractivity contribution in [2.75, 3.05) is 5.73 Å². The van der Waals surface area contributed by atoms with Gasteiger partial charge in [0.2, 0.25) is 0 Å². The Hall–Kier alpha value is -1.63. The predicted molar refractivity (Wildman–Crippen MR) is 49.5 cm³/mol. The molecule has 8 heteroatoms. The van der Waals surface area contributed by atoms with Crippen LogP contribution in [-0.4, -0.2) is 17.4 Å². The van der Waals surface area contributed by atoms with E-state index in [1.54, 1.807) is 0 Å². The quantitative estimate of drug-likeness (QED) is 0.797. The van der Waals surface area contributed by atoms with E-state index in [9.17, 15) is 18.0 Å². The topological polar surface area (TPSA) is 72.6 Å². The fourth-order valence-electron chi connectivity index (χ4n) is 0.979. The lowest BCUT2D eigenvalue weighted by molar-refractivity contribution is -0.274. The van der Waals surface area contributed by atoms with Crippen LogP contribution in [0, 0.1) is 0 Å². The molecule has 16 heavy (non-hydrogen) atoms. The molecule has 0 unspecified atom stereocenters. The van der Waals surface area contributed by atoms with E-state index in [1.165, 1.54) is 0 Å². The Morgan fingerprint density at radius 1 is 1.44 bits per heavy atom. The second-order valence-electron chi connectivity index (χ2n) is 2.69. The molecule has 3 N–H and O–H groups in total. The summed E-state index contributed by atoms with van der Waals surface area (Å²) in [5, 5.41) is 8.20. The average molecular weight is 256 g/mol. The molecule has 1 rings (SSSR count). The molecule has 0 bridgehead atoms. The van der Waals surface area contributed by atoms with Gasteiger partial charge in [0.25, 0.3) is 0 Å². The largest absolute Gasteiger partial charge is 0.573 e. The lowest BCUT2D eigenvalue weighted by Gasteiger charge is -2.13. The first-order valence-electron chi connectivity index (χ1n) is 3.79. The Labute approximate surface area is 92.4 Å². The smallest absolute Gasteiger partial charge is 0.478 e. The Bertz CT molecular complexity index is 433. The van der Waals surface area contributed by atoms with Gasteiger partial charge in [-0.2, -0.15) is 0 Å². The van der Waals surface area contributed by atoms with Crippen LogP contribution >= 0.6 is 11.6 Å². The maximum absolute atomic E-state index is 12.0. The Morgan fingerprint density at radius 2 is 2.00 bits per heavy atom. The fraction of sp³-hybridized carbons (Fsp3) is 0.125. The van der Waals surface area contributed by atoms with Crippen LogP contribution in [0.3, 0.4) is 0 Å². The van der Waals surface area contributed by atoms with E-state index in [0.29, 0.717) is 0 Å². The van der Waals surface area contributed by atoms with Crippen molar-refractivity contribution in [3.63, 3.8) is 0 Å². The van der Waals surface area contributed by atoms with Crippen molar-refractivity contribution in [3.05, 3.63) is 22.7 Å². The van der Waals surface area contributed by atoms with Gasteiger partial charge in [-0.05, 0) is 12.1 Å². The van der Waals surface area contributed by atoms with Crippen LogP contribution in [-0.2, 0) is 0 Å². The molecule has 4 nitrogen and oxygen atoms in total. The minimum Gasteiger partial charge on any atom is -0.478 e. The summed E-state index contributed by atoms with van der Waals surface area (Å²) in [6.45, 7) is 0. The highest BCUT2D eigenvalue weighted by molar-refractivity contribution is 6.32. The average Bonchev–Trinajstić information content (AvgIpc) is 2.10. The Kier molecular flexibility index (Phi) is 3.18. The number of anilines is 1. The number of carbonyl (C=O) groups is 1. The molecule has 0 amide bonds. The monoisotopic (exact) mass is 255 g/mol. The number of benzene rings is 1. The van der Waals surface area contributed by atoms with Crippen LogP contribution in [0.5, 0.6) is 5.75 Å². The van der Waals surface area contributed by atoms with E-state index in [-0.39, 0.29) is 0 Å². The summed E-state index contributed by atoms with van der Waals surface area (Å²) < 4.78 is 39.4. The second-order valence-corrected chi connectivity index (χ2v) is 3.10. The highest BCUT2D eigenvalue weighted by Gasteiger charge is 2.33. The fourth-order valence-corrected chi connectivity index (χ4v) is 1.18. The van der Waals surface area contributed by atoms with Crippen molar-refractivity contribution < 1.29 is 27.8 Å². The van der Waals surface area contributed by atoms with Crippen molar-refractivity contribution >= 4 is 23.3 Å². The van der Waals surface area contributed by atoms with E-state index in [4.69, 9.17) is 22.4 Å². The van der Waals surface area contributed by atoms with Gasteiger partial charge in [0.15, 0.2) is 5.75 Å². The lowest BCUT2D eigenvalue weighted by atomic mass is 10.1. The summed E-state index contributed by atoms with van der Waals surface area (Å²) in [5.41, 5.74) is 4.02. The molecule has 0 heterocycles. The van der Waals surface area contributed by atoms with E-state index in [0.717, 1.165) is 12.1 Å². The molecular formula is C8H5ClF3NO3. The zero-order chi connectivity index (χ0) is 12.5. The summed E-state index contributed by atoms with van der Waals surface area (Å²) in [7, 11) is 0. The van der Waals surface area contributed by atoms with Gasteiger partial charge in [0.1, 0.15) is 0 Å². The Morgan fingerprint density at radius 3 is 2.44 bits per heavy atom. The molecule has 0 saturated carbocycles. The van der Waals surface area contributed by atoms with Gasteiger partial charge >= 0.3 is 12.3 Å². The lowest BCUT2D eigenvalue weighted by Crippen LogP contribution is -2.19. The number of ether oxygens (including phenoxy) is 1. The van der Waals surface area contributed by atoms with Gasteiger partial charge in [-0.3, -0.25) is 0 Å². The number of rotatable bonds is 2. The molecule has 0 aromatic heterocycles. The normalized spacial score (nSPS) is 11.2. The van der Waals surface area contributed by atoms with Gasteiger partial charge in [0.05, 0.1) is 16.3 Å². The number of hydrogen-bond acceptors (Lipinski definition) is 3. The number of nitrogens with two attached hydrogens (primary N) is 1. The van der Waals surface area contributed by atoms with Gasteiger partial charge in [-0.15, -0.1) is 13.2 Å². The number of carboxylic acids is 1. The van der Waals surface area contributed by atoms with Crippen LogP contribution in [0.2, 0.25) is 5.02 Å². The van der Waals surface area contributed by atoms with Gasteiger partial charge < -0.3 is 15.6 Å². The molecule has 0 aliphatic heterocycles. The molecule has 1 aromatic carbocycles. The third kappa shape index (κ3) is 2.69. The van der Waals surface area contributed by atoms with Crippen molar-refractivity contribution in [2.24, 2.45) is 0 Å². The highest BCUT2D eigenvalue weighted by atomic mass is 35.5. The third-order valence-electron chi connectivity index (χ3n) is 1.60. The first kappa shape index (κ1) is 12.4. The molecule has 0 aliphatic rings. The molecule has 88 valence electrons. The van der Waals surface area contributed by atoms with Crippen LogP contribution in [0.4, 0.5) is 18.9 Å². The van der Waals surface area contributed by atoms with E-state index >= 15 is 0 Å². The first-order chi connectivity index (χ1) is 7.22. The van der Waals surface area contributed by atoms with Crippen LogP contribution in [0.15, 0.2) is 12.1 Å². The molecule has 0 atom stereocenters. The van der Waals surface area contributed by atoms with Crippen LogP contribution < -0.4 is 10.5 Å². The molecule has 0 aliphatic carbocycles. The van der Waals surface area contributed by atoms with Crippen LogP contribution in [0.1, 0.15) is 10.4 Å². The zero-order valence-corrected chi connectivity index (χ0v) is 8.26. The molecule has 0 spiro atoms. The number of hydrogen-bond donors (Lipinski definition) is 2. The SMILES string of the molecule is Nc1c(C(=O)O)ccc(Cl)c1OC(F)(F)F. The third-order valence-corrected chi connectivity index (χ3v) is 1.89. The van der Waals surface area contributed by atoms with Gasteiger partial charge in [-0.1, -0.05) is 11.6 Å². The molecule has 0 radical (unpaired) electrons. The van der Waals surface area contributed by atoms with Gasteiger partial charge in [-0.25, -0.2) is 4.79 Å². The number of aromatic carboxylic acids is 1. The zero-order valence-electron chi connectivity index (χ0n) is 7.51. The number of nitrogen functional groups attached to an aromatic ring is 1. The van der Waals surface area contributed by atoms with Crippen molar-refractivity contribution in [1.29, 1.82) is 0 Å². The second kappa shape index (κ2) is 4.09. The summed E-state index contributed by atoms with van der Waals surface area (Å²) in [6, 6.07) is 1.95. The van der Waals surface area contributed by atoms with Gasteiger partial charge in [0, 0.05) is 0 Å². The van der Waals surface area contributed by atoms with Crippen molar-refractivity contribution in [1.82, 2.24) is 0 Å². The van der Waals surface area contributed by atoms with E-state index < -0.39 is 34.4 Å². The van der Waals surface area contributed by atoms with Crippen LogP contribution in [0.25, 0.3) is 0 Å². The summed E-state index contributed by atoms with van der Waals surface area (Å²) in [4.78, 5) is 10.6. The molecule has 0 saturated heterocycles. The van der Waals surface area contributed by atoms with Crippen molar-refractivity contribution in [3.8, 4) is 5.75 Å². The summed E-state index contributed by atoms with van der Waals surface area (Å²) in [6.07, 6.45) is -4.99. The van der Waals surface area contributed by atoms with E-state index in [2.05, 4.69) is 4.74 Å². The number of halogens is 4. The summed E-state index contributed by atoms with van der Waals surface area (Å²) >= 11 is 5.41. The summed E-state index contributed by atoms with van der Waals surface area (Å²) in [5.74, 6) is -2.38. The number of alkyl halides is 3. The Balaban J connectivity index is 3.27. The minimum absolute atomic E-state index is 0.417. The molecule has 1 aromatic rings. The highest BCUT2D eigenvalue weighted by Crippen LogP contribution is 2.37. The standard InChI is InChI=1S/C8H5ClF3NO3/c9-4-2-1-3(7(14)15)5(13)6(4)16-8(10,11)12/h1-2H,13H2,(H,14,15). The molecule has 0 fully saturated rings. The first-order valence-corrected chi connectivity index (χ1v) is 4.17. The number of carboxylic acid groups (broad SMARTS) is 1. The predicted octanol–water partition coefficient (Wildman–Crippen LogP) is 2.52. The molecular weight excluding hydrogens is 251 g/mol.